The molecule has 1 aliphatic carbocycles. The van der Waals surface area contributed by atoms with E-state index in [2.05, 4.69) is 28.8 Å². The molecule has 0 atom stereocenters. The molecule has 0 spiro atoms. The van der Waals surface area contributed by atoms with Gasteiger partial charge in [-0.3, -0.25) is 4.79 Å². The number of ketones is 1. The lowest BCUT2D eigenvalue weighted by Crippen LogP contribution is -2.00. The van der Waals surface area contributed by atoms with E-state index in [0.717, 1.165) is 16.5 Å². The number of ether oxygens (including phenoxy) is 1. The van der Waals surface area contributed by atoms with Gasteiger partial charge in [-0.05, 0) is 43.5 Å². The number of methoxy groups -OCH3 is 1. The van der Waals surface area contributed by atoms with Crippen LogP contribution in [-0.4, -0.2) is 22.4 Å². The van der Waals surface area contributed by atoms with Crippen LogP contribution in [0.2, 0.25) is 0 Å². The van der Waals surface area contributed by atoms with Crippen LogP contribution in [0.15, 0.2) is 59.9 Å². The summed E-state index contributed by atoms with van der Waals surface area (Å²) in [5, 5.41) is 1.02. The summed E-state index contributed by atoms with van der Waals surface area (Å²) in [5.41, 5.74) is 4.09. The molecule has 0 N–H and O–H groups in total. The highest BCUT2D eigenvalue weighted by molar-refractivity contribution is 7.98. The number of aromatic nitrogens is 2. The topological polar surface area (TPSA) is 44.1 Å². The van der Waals surface area contributed by atoms with Crippen molar-refractivity contribution < 1.29 is 9.53 Å². The van der Waals surface area contributed by atoms with Crippen molar-refractivity contribution in [3.63, 3.8) is 0 Å². The summed E-state index contributed by atoms with van der Waals surface area (Å²) >= 11 is 1.69. The van der Waals surface area contributed by atoms with Crippen molar-refractivity contribution >= 4 is 17.5 Å². The molecular formula is C22H22N2O2S. The molecule has 1 aromatic heterocycles. The molecule has 4 nitrogen and oxygen atoms in total. The molecular weight excluding hydrogens is 356 g/mol. The standard InChI is InChI=1S/C22H22N2O2S/c1-15(25)17-8-11-21(26-2)18(12-17)14-27-22-23-13-20(24(22)19-9-10-19)16-6-4-3-5-7-16/h3-8,11-13,19H,9-10,14H2,1-2H3. The van der Waals surface area contributed by atoms with Gasteiger partial charge in [-0.15, -0.1) is 0 Å². The Morgan fingerprint density at radius 2 is 2.00 bits per heavy atom. The highest BCUT2D eigenvalue weighted by Crippen LogP contribution is 2.42. The van der Waals surface area contributed by atoms with Gasteiger partial charge >= 0.3 is 0 Å². The maximum Gasteiger partial charge on any atom is 0.169 e. The second-order valence-corrected chi connectivity index (χ2v) is 7.71. The predicted octanol–water partition coefficient (Wildman–Crippen LogP) is 5.39. The molecule has 27 heavy (non-hydrogen) atoms. The van der Waals surface area contributed by atoms with Crippen LogP contribution in [0.4, 0.5) is 0 Å². The number of hydrogen-bond donors (Lipinski definition) is 0. The number of hydrogen-bond acceptors (Lipinski definition) is 4. The molecule has 0 saturated heterocycles. The lowest BCUT2D eigenvalue weighted by Gasteiger charge is -2.12. The van der Waals surface area contributed by atoms with Gasteiger partial charge in [-0.1, -0.05) is 42.1 Å². The van der Waals surface area contributed by atoms with Gasteiger partial charge in [0.25, 0.3) is 0 Å². The molecule has 1 saturated carbocycles. The zero-order chi connectivity index (χ0) is 18.8. The van der Waals surface area contributed by atoms with Crippen LogP contribution in [0.3, 0.4) is 0 Å². The minimum atomic E-state index is 0.0646. The summed E-state index contributed by atoms with van der Waals surface area (Å²) in [6.45, 7) is 1.59. The first-order chi connectivity index (χ1) is 13.2. The summed E-state index contributed by atoms with van der Waals surface area (Å²) in [6.07, 6.45) is 4.37. The Morgan fingerprint density at radius 1 is 1.22 bits per heavy atom. The van der Waals surface area contributed by atoms with Gasteiger partial charge < -0.3 is 9.30 Å². The van der Waals surface area contributed by atoms with E-state index in [0.29, 0.717) is 17.4 Å². The second-order valence-electron chi connectivity index (χ2n) is 6.76. The molecule has 0 bridgehead atoms. The number of carbonyl (C=O) groups excluding carboxylic acids is 1. The molecule has 5 heteroatoms. The van der Waals surface area contributed by atoms with Crippen LogP contribution in [-0.2, 0) is 5.75 Å². The third-order valence-corrected chi connectivity index (χ3v) is 5.80. The fourth-order valence-corrected chi connectivity index (χ4v) is 4.24. The quantitative estimate of drug-likeness (QED) is 0.408. The Labute approximate surface area is 163 Å². The molecule has 1 heterocycles. The van der Waals surface area contributed by atoms with Gasteiger partial charge in [0.2, 0.25) is 0 Å². The summed E-state index contributed by atoms with van der Waals surface area (Å²) < 4.78 is 7.84. The van der Waals surface area contributed by atoms with Crippen molar-refractivity contribution in [1.82, 2.24) is 9.55 Å². The highest BCUT2D eigenvalue weighted by atomic mass is 32.2. The number of thioether (sulfide) groups is 1. The zero-order valence-corrected chi connectivity index (χ0v) is 16.3. The molecule has 1 fully saturated rings. The highest BCUT2D eigenvalue weighted by Gasteiger charge is 2.29. The van der Waals surface area contributed by atoms with Crippen molar-refractivity contribution in [3.8, 4) is 17.0 Å². The number of carbonyl (C=O) groups is 1. The summed E-state index contributed by atoms with van der Waals surface area (Å²) in [6, 6.07) is 16.6. The number of rotatable bonds is 7. The first-order valence-corrected chi connectivity index (χ1v) is 10.1. The number of nitrogens with zero attached hydrogens (tertiary/aromatic N) is 2. The Balaban J connectivity index is 1.62. The fraction of sp³-hybridized carbons (Fsp3) is 0.273. The summed E-state index contributed by atoms with van der Waals surface area (Å²) in [5.74, 6) is 1.58. The zero-order valence-electron chi connectivity index (χ0n) is 15.5. The van der Waals surface area contributed by atoms with E-state index < -0.39 is 0 Å². The van der Waals surface area contributed by atoms with Gasteiger partial charge in [0, 0.05) is 22.9 Å². The Hall–Kier alpha value is -2.53. The Bertz CT molecular complexity index is 962. The smallest absolute Gasteiger partial charge is 0.169 e. The molecule has 0 radical (unpaired) electrons. The summed E-state index contributed by atoms with van der Waals surface area (Å²) in [7, 11) is 1.66. The van der Waals surface area contributed by atoms with E-state index in [9.17, 15) is 4.79 Å². The normalized spacial score (nSPS) is 13.6. The Morgan fingerprint density at radius 3 is 2.67 bits per heavy atom. The third kappa shape index (κ3) is 3.78. The first kappa shape index (κ1) is 17.9. The minimum Gasteiger partial charge on any atom is -0.496 e. The number of imidazole rings is 1. The van der Waals surface area contributed by atoms with Crippen LogP contribution in [0.5, 0.6) is 5.75 Å². The monoisotopic (exact) mass is 378 g/mol. The van der Waals surface area contributed by atoms with Crippen molar-refractivity contribution in [2.75, 3.05) is 7.11 Å². The maximum atomic E-state index is 11.7. The van der Waals surface area contributed by atoms with Gasteiger partial charge in [0.1, 0.15) is 5.75 Å². The van der Waals surface area contributed by atoms with E-state index >= 15 is 0 Å². The van der Waals surface area contributed by atoms with E-state index in [1.165, 1.54) is 24.1 Å². The van der Waals surface area contributed by atoms with Crippen LogP contribution < -0.4 is 4.74 Å². The molecule has 0 aliphatic heterocycles. The second kappa shape index (κ2) is 7.61. The first-order valence-electron chi connectivity index (χ1n) is 9.10. The van der Waals surface area contributed by atoms with Gasteiger partial charge in [0.05, 0.1) is 19.0 Å². The largest absolute Gasteiger partial charge is 0.496 e. The lowest BCUT2D eigenvalue weighted by molar-refractivity contribution is 0.101. The summed E-state index contributed by atoms with van der Waals surface area (Å²) in [4.78, 5) is 16.4. The maximum absolute atomic E-state index is 11.7. The van der Waals surface area contributed by atoms with E-state index in [1.807, 2.05) is 30.5 Å². The molecule has 138 valence electrons. The SMILES string of the molecule is COc1ccc(C(C)=O)cc1CSc1ncc(-c2ccccc2)n1C1CC1. The van der Waals surface area contributed by atoms with Crippen LogP contribution in [0.1, 0.15) is 41.7 Å². The van der Waals surface area contributed by atoms with E-state index in [1.54, 1.807) is 25.8 Å². The minimum absolute atomic E-state index is 0.0646. The molecule has 3 aromatic rings. The number of benzene rings is 2. The van der Waals surface area contributed by atoms with Crippen molar-refractivity contribution in [3.05, 3.63) is 65.9 Å². The van der Waals surface area contributed by atoms with E-state index in [4.69, 9.17) is 9.72 Å². The third-order valence-electron chi connectivity index (χ3n) is 4.79. The van der Waals surface area contributed by atoms with Crippen molar-refractivity contribution in [2.24, 2.45) is 0 Å². The molecule has 4 rings (SSSR count). The predicted molar refractivity (Wildman–Crippen MR) is 108 cm³/mol. The Kier molecular flexibility index (Phi) is 5.03. The van der Waals surface area contributed by atoms with Crippen molar-refractivity contribution in [1.29, 1.82) is 0 Å². The lowest BCUT2D eigenvalue weighted by atomic mass is 10.1. The van der Waals surface area contributed by atoms with E-state index in [-0.39, 0.29) is 5.78 Å². The molecule has 2 aromatic carbocycles. The average Bonchev–Trinajstić information content (AvgIpc) is 3.45. The van der Waals surface area contributed by atoms with Crippen LogP contribution in [0, 0.1) is 0 Å². The average molecular weight is 378 g/mol. The molecule has 1 aliphatic rings. The number of Topliss-reactive ketones (excluding diaryl/α,β-unsaturated/α-hetero) is 1. The van der Waals surface area contributed by atoms with Gasteiger partial charge in [-0.25, -0.2) is 4.98 Å². The van der Waals surface area contributed by atoms with Crippen LogP contribution >= 0.6 is 11.8 Å². The van der Waals surface area contributed by atoms with Gasteiger partial charge in [0.15, 0.2) is 10.9 Å². The van der Waals surface area contributed by atoms with Crippen molar-refractivity contribution in [2.45, 2.75) is 36.7 Å². The van der Waals surface area contributed by atoms with Gasteiger partial charge in [-0.2, -0.15) is 0 Å². The van der Waals surface area contributed by atoms with Crippen LogP contribution in [0.25, 0.3) is 11.3 Å². The molecule has 0 unspecified atom stereocenters. The fourth-order valence-electron chi connectivity index (χ4n) is 3.21. The molecule has 0 amide bonds.